The number of carbonyl (C=O) groups excluding carboxylic acids is 1. The Morgan fingerprint density at radius 3 is 2.72 bits per heavy atom. The van der Waals surface area contributed by atoms with Gasteiger partial charge in [-0.2, -0.15) is 5.10 Å². The molecule has 3 aromatic rings. The number of hydrogen-bond donors (Lipinski definition) is 1. The van der Waals surface area contributed by atoms with Gasteiger partial charge in [0.15, 0.2) is 5.65 Å². The van der Waals surface area contributed by atoms with Crippen LogP contribution in [-0.4, -0.2) is 51.8 Å². The first-order chi connectivity index (χ1) is 14.0. The van der Waals surface area contributed by atoms with Gasteiger partial charge in [0, 0.05) is 37.0 Å². The Kier molecular flexibility index (Phi) is 5.44. The van der Waals surface area contributed by atoms with Crippen molar-refractivity contribution >= 4 is 23.1 Å². The highest BCUT2D eigenvalue weighted by atomic mass is 16.5. The van der Waals surface area contributed by atoms with Crippen LogP contribution in [0.3, 0.4) is 0 Å². The number of fused-ring (bicyclic) bond motifs is 1. The molecule has 0 aliphatic carbocycles. The maximum absolute atomic E-state index is 12.4. The van der Waals surface area contributed by atoms with Gasteiger partial charge in [0.2, 0.25) is 5.91 Å². The lowest BCUT2D eigenvalue weighted by Gasteiger charge is -2.28. The van der Waals surface area contributed by atoms with Gasteiger partial charge in [-0.15, -0.1) is 0 Å². The number of aryl methyl sites for hydroxylation is 3. The van der Waals surface area contributed by atoms with E-state index in [0.717, 1.165) is 60.3 Å². The second-order valence-corrected chi connectivity index (χ2v) is 7.37. The van der Waals surface area contributed by atoms with E-state index in [-0.39, 0.29) is 5.91 Å². The molecule has 4 rings (SSSR count). The average Bonchev–Trinajstić information content (AvgIpc) is 3.09. The van der Waals surface area contributed by atoms with Crippen LogP contribution in [0.2, 0.25) is 0 Å². The summed E-state index contributed by atoms with van der Waals surface area (Å²) in [5.74, 6) is 0.504. The maximum atomic E-state index is 12.4. The Morgan fingerprint density at radius 2 is 2.00 bits per heavy atom. The van der Waals surface area contributed by atoms with Crippen LogP contribution in [-0.2, 0) is 16.0 Å². The van der Waals surface area contributed by atoms with Crippen molar-refractivity contribution in [1.82, 2.24) is 19.6 Å². The monoisotopic (exact) mass is 394 g/mol. The molecular weight excluding hydrogens is 368 g/mol. The first-order valence-electron chi connectivity index (χ1n) is 9.92. The van der Waals surface area contributed by atoms with Crippen LogP contribution < -0.4 is 10.2 Å². The molecule has 0 saturated carbocycles. The molecule has 1 N–H and O–H groups in total. The Morgan fingerprint density at radius 1 is 1.21 bits per heavy atom. The van der Waals surface area contributed by atoms with E-state index < -0.39 is 0 Å². The Bertz CT molecular complexity index is 1020. The molecule has 0 aromatic carbocycles. The summed E-state index contributed by atoms with van der Waals surface area (Å²) >= 11 is 0. The molecule has 0 bridgehead atoms. The van der Waals surface area contributed by atoms with Crippen LogP contribution in [0.4, 0.5) is 11.5 Å². The normalized spacial score (nSPS) is 14.4. The number of anilines is 2. The number of amides is 1. The molecule has 1 aliphatic rings. The summed E-state index contributed by atoms with van der Waals surface area (Å²) in [6.45, 7) is 9.14. The summed E-state index contributed by atoms with van der Waals surface area (Å²) in [7, 11) is 0. The molecule has 1 aliphatic heterocycles. The van der Waals surface area contributed by atoms with E-state index in [1.54, 1.807) is 6.20 Å². The molecule has 0 atom stereocenters. The van der Waals surface area contributed by atoms with Crippen molar-refractivity contribution in [1.29, 1.82) is 0 Å². The number of aromatic nitrogens is 4. The molecule has 0 unspecified atom stereocenters. The first-order valence-corrected chi connectivity index (χ1v) is 9.92. The quantitative estimate of drug-likeness (QED) is 0.716. The molecule has 152 valence electrons. The SMILES string of the molecule is Cc1cc2nc(C)c(CCC(=O)Nc3ccc(N4CCOCC4)cn3)c(C)n2n1. The van der Waals surface area contributed by atoms with Crippen LogP contribution in [0.15, 0.2) is 24.4 Å². The predicted molar refractivity (Wildman–Crippen MR) is 111 cm³/mol. The van der Waals surface area contributed by atoms with Crippen molar-refractivity contribution in [3.63, 3.8) is 0 Å². The van der Waals surface area contributed by atoms with Gasteiger partial charge in [0.05, 0.1) is 30.8 Å². The van der Waals surface area contributed by atoms with Gasteiger partial charge in [0.25, 0.3) is 0 Å². The van der Waals surface area contributed by atoms with E-state index in [1.165, 1.54) is 0 Å². The number of hydrogen-bond acceptors (Lipinski definition) is 6. The molecule has 29 heavy (non-hydrogen) atoms. The molecule has 4 heterocycles. The number of nitrogens with zero attached hydrogens (tertiary/aromatic N) is 5. The predicted octanol–water partition coefficient (Wildman–Crippen LogP) is 2.46. The zero-order valence-corrected chi connectivity index (χ0v) is 17.1. The van der Waals surface area contributed by atoms with Gasteiger partial charge < -0.3 is 15.0 Å². The number of morpholine rings is 1. The minimum atomic E-state index is -0.0628. The fourth-order valence-electron chi connectivity index (χ4n) is 3.72. The largest absolute Gasteiger partial charge is 0.378 e. The van der Waals surface area contributed by atoms with Crippen LogP contribution in [0.5, 0.6) is 0 Å². The zero-order valence-electron chi connectivity index (χ0n) is 17.1. The van der Waals surface area contributed by atoms with Crippen molar-refractivity contribution in [2.75, 3.05) is 36.5 Å². The molecule has 1 fully saturated rings. The van der Waals surface area contributed by atoms with E-state index in [2.05, 4.69) is 25.3 Å². The third-order valence-electron chi connectivity index (χ3n) is 5.28. The molecule has 1 saturated heterocycles. The first kappa shape index (κ1) is 19.3. The van der Waals surface area contributed by atoms with E-state index in [0.29, 0.717) is 18.7 Å². The van der Waals surface area contributed by atoms with Crippen molar-refractivity contribution < 1.29 is 9.53 Å². The lowest BCUT2D eigenvalue weighted by molar-refractivity contribution is -0.116. The molecule has 1 amide bonds. The highest BCUT2D eigenvalue weighted by molar-refractivity contribution is 5.90. The van der Waals surface area contributed by atoms with Gasteiger partial charge in [-0.3, -0.25) is 4.79 Å². The fraction of sp³-hybridized carbons (Fsp3) is 0.429. The standard InChI is InChI=1S/C21H26N6O2/c1-14-12-20-23-15(2)18(16(3)27(20)25-14)5-7-21(28)24-19-6-4-17(13-22-19)26-8-10-29-11-9-26/h4,6,12-13H,5,7-11H2,1-3H3,(H,22,24,28). The zero-order chi connectivity index (χ0) is 20.4. The third-order valence-corrected chi connectivity index (χ3v) is 5.28. The summed E-state index contributed by atoms with van der Waals surface area (Å²) in [5.41, 5.74) is 5.85. The van der Waals surface area contributed by atoms with Crippen LogP contribution in [0, 0.1) is 20.8 Å². The van der Waals surface area contributed by atoms with Gasteiger partial charge in [-0.1, -0.05) is 0 Å². The Labute approximate surface area is 169 Å². The van der Waals surface area contributed by atoms with Crippen molar-refractivity contribution in [2.45, 2.75) is 33.6 Å². The van der Waals surface area contributed by atoms with Gasteiger partial charge in [-0.05, 0) is 44.9 Å². The molecular formula is C21H26N6O2. The number of ether oxygens (including phenoxy) is 1. The Balaban J connectivity index is 1.38. The maximum Gasteiger partial charge on any atom is 0.225 e. The molecule has 3 aromatic heterocycles. The van der Waals surface area contributed by atoms with Crippen LogP contribution in [0.25, 0.3) is 5.65 Å². The second kappa shape index (κ2) is 8.16. The molecule has 8 heteroatoms. The highest BCUT2D eigenvalue weighted by Gasteiger charge is 2.14. The fourth-order valence-corrected chi connectivity index (χ4v) is 3.72. The number of pyridine rings is 1. The minimum Gasteiger partial charge on any atom is -0.378 e. The smallest absolute Gasteiger partial charge is 0.225 e. The van der Waals surface area contributed by atoms with Crippen LogP contribution in [0.1, 0.15) is 29.1 Å². The lowest BCUT2D eigenvalue weighted by Crippen LogP contribution is -2.36. The summed E-state index contributed by atoms with van der Waals surface area (Å²) < 4.78 is 7.22. The summed E-state index contributed by atoms with van der Waals surface area (Å²) in [5, 5.41) is 7.37. The molecule has 8 nitrogen and oxygen atoms in total. The van der Waals surface area contributed by atoms with Crippen molar-refractivity contribution in [2.24, 2.45) is 0 Å². The number of nitrogens with one attached hydrogen (secondary N) is 1. The second-order valence-electron chi connectivity index (χ2n) is 7.37. The third kappa shape index (κ3) is 4.22. The van der Waals surface area contributed by atoms with Gasteiger partial charge in [-0.25, -0.2) is 14.5 Å². The number of carbonyl (C=O) groups is 1. The van der Waals surface area contributed by atoms with Crippen molar-refractivity contribution in [3.05, 3.63) is 47.0 Å². The van der Waals surface area contributed by atoms with Crippen molar-refractivity contribution in [3.8, 4) is 0 Å². The summed E-state index contributed by atoms with van der Waals surface area (Å²) in [6.07, 6.45) is 2.77. The van der Waals surface area contributed by atoms with E-state index in [9.17, 15) is 4.79 Å². The summed E-state index contributed by atoms with van der Waals surface area (Å²) in [4.78, 5) is 23.7. The molecule has 0 spiro atoms. The number of rotatable bonds is 5. The Hall–Kier alpha value is -3.00. The lowest BCUT2D eigenvalue weighted by atomic mass is 10.1. The van der Waals surface area contributed by atoms with E-state index >= 15 is 0 Å². The highest BCUT2D eigenvalue weighted by Crippen LogP contribution is 2.19. The van der Waals surface area contributed by atoms with Gasteiger partial charge >= 0.3 is 0 Å². The average molecular weight is 394 g/mol. The molecule has 0 radical (unpaired) electrons. The summed E-state index contributed by atoms with van der Waals surface area (Å²) in [6, 6.07) is 5.79. The van der Waals surface area contributed by atoms with E-state index in [1.807, 2.05) is 43.5 Å². The minimum absolute atomic E-state index is 0.0628. The van der Waals surface area contributed by atoms with Crippen LogP contribution >= 0.6 is 0 Å². The topological polar surface area (TPSA) is 84.7 Å². The van der Waals surface area contributed by atoms with Gasteiger partial charge in [0.1, 0.15) is 5.82 Å². The van der Waals surface area contributed by atoms with E-state index in [4.69, 9.17) is 4.74 Å².